The predicted octanol–water partition coefficient (Wildman–Crippen LogP) is 0.520. The van der Waals surface area contributed by atoms with Gasteiger partial charge in [-0.15, -0.1) is 0 Å². The molecule has 16 heavy (non-hydrogen) atoms. The highest BCUT2D eigenvalue weighted by Gasteiger charge is 2.24. The van der Waals surface area contributed by atoms with Crippen molar-refractivity contribution < 1.29 is 19.1 Å². The van der Waals surface area contributed by atoms with E-state index in [1.165, 1.54) is 0 Å². The zero-order valence-corrected chi connectivity index (χ0v) is 9.48. The van der Waals surface area contributed by atoms with Crippen LogP contribution in [0.15, 0.2) is 0 Å². The first-order valence-electron chi connectivity index (χ1n) is 5.58. The summed E-state index contributed by atoms with van der Waals surface area (Å²) in [6, 6.07) is 0. The number of carbonyl (C=O) groups is 3. The summed E-state index contributed by atoms with van der Waals surface area (Å²) >= 11 is 0. The van der Waals surface area contributed by atoms with Gasteiger partial charge in [-0.05, 0) is 0 Å². The van der Waals surface area contributed by atoms with E-state index in [0.717, 1.165) is 0 Å². The monoisotopic (exact) mass is 227 g/mol. The summed E-state index contributed by atoms with van der Waals surface area (Å²) in [5, 5.41) is 0. The van der Waals surface area contributed by atoms with Gasteiger partial charge in [-0.2, -0.15) is 0 Å². The van der Waals surface area contributed by atoms with Crippen LogP contribution in [0.25, 0.3) is 0 Å². The van der Waals surface area contributed by atoms with Crippen LogP contribution in [0.2, 0.25) is 0 Å². The highest BCUT2D eigenvalue weighted by molar-refractivity contribution is 5.88. The molecule has 1 aliphatic heterocycles. The maximum absolute atomic E-state index is 11.4. The fraction of sp³-hybridized carbons (Fsp3) is 0.727. The number of ether oxygens (including phenoxy) is 1. The smallest absolute Gasteiger partial charge is 0.305 e. The zero-order chi connectivity index (χ0) is 12.0. The highest BCUT2D eigenvalue weighted by atomic mass is 16.5. The molecule has 0 atom stereocenters. The quantitative estimate of drug-likeness (QED) is 0.399. The van der Waals surface area contributed by atoms with Crippen LogP contribution >= 0.6 is 0 Å². The Kier molecular flexibility index (Phi) is 4.95. The van der Waals surface area contributed by atoms with E-state index in [4.69, 9.17) is 4.74 Å². The first kappa shape index (κ1) is 12.7. The molecule has 0 radical (unpaired) electrons. The van der Waals surface area contributed by atoms with E-state index < -0.39 is 0 Å². The lowest BCUT2D eigenvalue weighted by Crippen LogP contribution is -2.41. The average Bonchev–Trinajstić information content (AvgIpc) is 2.30. The van der Waals surface area contributed by atoms with Crippen LogP contribution in [0.5, 0.6) is 0 Å². The molecule has 0 unspecified atom stereocenters. The van der Waals surface area contributed by atoms with Crippen molar-refractivity contribution in [2.75, 3.05) is 13.1 Å². The molecule has 1 heterocycles. The molecule has 0 spiro atoms. The second kappa shape index (κ2) is 6.25. The van der Waals surface area contributed by atoms with E-state index in [2.05, 4.69) is 0 Å². The number of amides is 1. The summed E-state index contributed by atoms with van der Waals surface area (Å²) in [7, 11) is 0. The van der Waals surface area contributed by atoms with Crippen molar-refractivity contribution >= 4 is 18.2 Å². The first-order valence-corrected chi connectivity index (χ1v) is 5.58. The van der Waals surface area contributed by atoms with E-state index in [0.29, 0.717) is 38.6 Å². The van der Waals surface area contributed by atoms with Crippen molar-refractivity contribution in [2.45, 2.75) is 38.7 Å². The van der Waals surface area contributed by atoms with Gasteiger partial charge in [0.1, 0.15) is 12.4 Å². The average molecular weight is 227 g/mol. The Labute approximate surface area is 94.7 Å². The third kappa shape index (κ3) is 3.64. The number of rotatable bonds is 4. The van der Waals surface area contributed by atoms with Gasteiger partial charge in [0.15, 0.2) is 0 Å². The molecule has 1 saturated heterocycles. The fourth-order valence-corrected chi connectivity index (χ4v) is 1.69. The molecular formula is C11H17NO4. The lowest BCUT2D eigenvalue weighted by atomic mass is 10.1. The van der Waals surface area contributed by atoms with Crippen molar-refractivity contribution in [3.8, 4) is 0 Å². The molecule has 1 fully saturated rings. The van der Waals surface area contributed by atoms with Crippen molar-refractivity contribution in [1.82, 2.24) is 4.90 Å². The Hall–Kier alpha value is -1.39. The lowest BCUT2D eigenvalue weighted by Gasteiger charge is -2.31. The van der Waals surface area contributed by atoms with Gasteiger partial charge in [0.05, 0.1) is 6.42 Å². The largest absolute Gasteiger partial charge is 0.462 e. The topological polar surface area (TPSA) is 63.7 Å². The molecule has 1 amide bonds. The summed E-state index contributed by atoms with van der Waals surface area (Å²) in [6.45, 7) is 2.88. The maximum atomic E-state index is 11.4. The molecule has 5 nitrogen and oxygen atoms in total. The molecule has 0 aromatic heterocycles. The van der Waals surface area contributed by atoms with Crippen LogP contribution in [-0.2, 0) is 19.1 Å². The van der Waals surface area contributed by atoms with Gasteiger partial charge in [-0.3, -0.25) is 9.59 Å². The zero-order valence-electron chi connectivity index (χ0n) is 9.48. The van der Waals surface area contributed by atoms with Crippen LogP contribution in [0.4, 0.5) is 0 Å². The Bertz CT molecular complexity index is 269. The van der Waals surface area contributed by atoms with E-state index in [1.807, 2.05) is 0 Å². The van der Waals surface area contributed by atoms with Gasteiger partial charge in [0.2, 0.25) is 5.91 Å². The molecule has 90 valence electrons. The van der Waals surface area contributed by atoms with Crippen LogP contribution < -0.4 is 0 Å². The van der Waals surface area contributed by atoms with E-state index in [-0.39, 0.29) is 24.4 Å². The van der Waals surface area contributed by atoms with Crippen molar-refractivity contribution in [1.29, 1.82) is 0 Å². The normalized spacial score (nSPS) is 16.9. The molecule has 0 N–H and O–H groups in total. The van der Waals surface area contributed by atoms with Crippen LogP contribution in [-0.4, -0.2) is 42.3 Å². The molecule has 0 bridgehead atoms. The predicted molar refractivity (Wildman–Crippen MR) is 56.7 cm³/mol. The van der Waals surface area contributed by atoms with Gasteiger partial charge in [0.25, 0.3) is 0 Å². The first-order chi connectivity index (χ1) is 7.67. The summed E-state index contributed by atoms with van der Waals surface area (Å²) in [5.74, 6) is -0.340. The molecule has 5 heteroatoms. The minimum atomic E-state index is -0.197. The summed E-state index contributed by atoms with van der Waals surface area (Å²) < 4.78 is 5.18. The van der Waals surface area contributed by atoms with Crippen LogP contribution in [0.1, 0.15) is 32.6 Å². The Morgan fingerprint density at radius 2 is 2.00 bits per heavy atom. The third-order valence-corrected chi connectivity index (χ3v) is 2.64. The Morgan fingerprint density at radius 1 is 1.38 bits per heavy atom. The highest BCUT2D eigenvalue weighted by Crippen LogP contribution is 2.14. The molecule has 0 aromatic rings. The number of nitrogens with zero attached hydrogens (tertiary/aromatic N) is 1. The number of esters is 1. The van der Waals surface area contributed by atoms with E-state index in [9.17, 15) is 14.4 Å². The number of hydrogen-bond donors (Lipinski definition) is 0. The Balaban J connectivity index is 2.30. The molecule has 1 rings (SSSR count). The molecule has 0 saturated carbocycles. The van der Waals surface area contributed by atoms with Gasteiger partial charge in [0, 0.05) is 32.4 Å². The van der Waals surface area contributed by atoms with Gasteiger partial charge >= 0.3 is 5.97 Å². The van der Waals surface area contributed by atoms with Gasteiger partial charge in [-0.25, -0.2) is 0 Å². The molecule has 1 aliphatic rings. The molecular weight excluding hydrogens is 210 g/mol. The van der Waals surface area contributed by atoms with Gasteiger partial charge in [-0.1, -0.05) is 6.92 Å². The fourth-order valence-electron chi connectivity index (χ4n) is 1.69. The Morgan fingerprint density at radius 3 is 2.50 bits per heavy atom. The van der Waals surface area contributed by atoms with Crippen molar-refractivity contribution in [2.24, 2.45) is 0 Å². The van der Waals surface area contributed by atoms with Gasteiger partial charge < -0.3 is 14.4 Å². The molecule has 0 aliphatic carbocycles. The minimum Gasteiger partial charge on any atom is -0.462 e. The standard InChI is InChI=1S/C11H17NO4/c1-2-11(15)16-9-3-6-12(7-4-9)10(14)5-8-13/h8-9H,2-7H2,1H3. The number of carbonyl (C=O) groups excluding carboxylic acids is 3. The lowest BCUT2D eigenvalue weighted by molar-refractivity contribution is -0.151. The minimum absolute atomic E-state index is 0.0561. The van der Waals surface area contributed by atoms with Crippen LogP contribution in [0.3, 0.4) is 0 Å². The molecule has 0 aromatic carbocycles. The number of likely N-dealkylation sites (tertiary alicyclic amines) is 1. The summed E-state index contributed by atoms with van der Waals surface area (Å²) in [4.78, 5) is 34.3. The number of aldehydes is 1. The summed E-state index contributed by atoms with van der Waals surface area (Å²) in [5.41, 5.74) is 0. The third-order valence-electron chi connectivity index (χ3n) is 2.64. The SMILES string of the molecule is CCC(=O)OC1CCN(C(=O)CC=O)CC1. The van der Waals surface area contributed by atoms with E-state index >= 15 is 0 Å². The van der Waals surface area contributed by atoms with Crippen molar-refractivity contribution in [3.63, 3.8) is 0 Å². The van der Waals surface area contributed by atoms with Crippen LogP contribution in [0, 0.1) is 0 Å². The number of hydrogen-bond acceptors (Lipinski definition) is 4. The second-order valence-corrected chi connectivity index (χ2v) is 3.79. The summed E-state index contributed by atoms with van der Waals surface area (Å²) in [6.07, 6.45) is 2.19. The van der Waals surface area contributed by atoms with E-state index in [1.54, 1.807) is 11.8 Å². The second-order valence-electron chi connectivity index (χ2n) is 3.79. The maximum Gasteiger partial charge on any atom is 0.305 e. The number of piperidine rings is 1. The van der Waals surface area contributed by atoms with Crippen molar-refractivity contribution in [3.05, 3.63) is 0 Å².